The Morgan fingerprint density at radius 2 is 1.81 bits per heavy atom. The Bertz CT molecular complexity index is 1140. The van der Waals surface area contributed by atoms with Gasteiger partial charge in [0.1, 0.15) is 5.75 Å². The Labute approximate surface area is 156 Å². The minimum atomic E-state index is -0.0426. The molecule has 0 aliphatic heterocycles. The van der Waals surface area contributed by atoms with Gasteiger partial charge in [0.25, 0.3) is 5.56 Å². The van der Waals surface area contributed by atoms with Crippen LogP contribution in [-0.4, -0.2) is 25.8 Å². The smallest absolute Gasteiger partial charge is 0.262 e. The fraction of sp³-hybridized carbons (Fsp3) is 0.250. The van der Waals surface area contributed by atoms with Crippen LogP contribution in [0.1, 0.15) is 19.7 Å². The highest BCUT2D eigenvalue weighted by atomic mass is 16.5. The van der Waals surface area contributed by atoms with E-state index >= 15 is 0 Å². The highest BCUT2D eigenvalue weighted by Gasteiger charge is 2.15. The second kappa shape index (κ2) is 7.11. The third-order valence-electron chi connectivity index (χ3n) is 4.51. The second-order valence-electron chi connectivity index (χ2n) is 6.13. The minimum absolute atomic E-state index is 0.0426. The average molecular weight is 363 g/mol. The number of aromatic nitrogens is 4. The van der Waals surface area contributed by atoms with Crippen molar-refractivity contribution in [1.82, 2.24) is 19.2 Å². The first-order valence-corrected chi connectivity index (χ1v) is 9.05. The van der Waals surface area contributed by atoms with Crippen LogP contribution >= 0.6 is 0 Å². The number of benzene rings is 2. The van der Waals surface area contributed by atoms with E-state index in [1.54, 1.807) is 4.57 Å². The molecule has 0 aliphatic rings. The zero-order valence-electron chi connectivity index (χ0n) is 15.3. The van der Waals surface area contributed by atoms with Crippen LogP contribution in [0.5, 0.6) is 5.75 Å². The molecule has 0 aliphatic carbocycles. The Kier molecular flexibility index (Phi) is 4.50. The summed E-state index contributed by atoms with van der Waals surface area (Å²) in [5, 5.41) is 12.6. The first-order chi connectivity index (χ1) is 13.2. The molecule has 2 aromatic heterocycles. The number of aryl methyl sites for hydroxylation is 1. The van der Waals surface area contributed by atoms with Gasteiger partial charge in [-0.3, -0.25) is 13.8 Å². The quantitative estimate of drug-likeness (QED) is 0.570. The lowest BCUT2D eigenvalue weighted by Crippen LogP contribution is -2.22. The van der Waals surface area contributed by atoms with Crippen molar-refractivity contribution in [2.45, 2.75) is 26.9 Å². The van der Waals surface area contributed by atoms with Crippen molar-refractivity contribution in [1.29, 1.82) is 0 Å². The molecule has 4 aromatic rings. The molecule has 4 rings (SSSR count). The van der Waals surface area contributed by atoms with E-state index < -0.39 is 0 Å². The van der Waals surface area contributed by atoms with Gasteiger partial charge in [-0.15, -0.1) is 10.2 Å². The lowest BCUT2D eigenvalue weighted by molar-refractivity contribution is 0.340. The Balaban J connectivity index is 1.72. The number of rotatable bonds is 6. The van der Waals surface area contributed by atoms with Crippen molar-refractivity contribution in [3.63, 3.8) is 0 Å². The van der Waals surface area contributed by atoms with E-state index in [2.05, 4.69) is 15.5 Å². The van der Waals surface area contributed by atoms with Crippen molar-refractivity contribution in [3.05, 3.63) is 64.7 Å². The standard InChI is InChI=1S/C20H21N5O2/c1-3-24-19(26)16-7-5-6-8-17(16)25-18(22-23-20(24)25)13-21-14-9-11-15(12-10-14)27-4-2/h5-12,21H,3-4,13H2,1-2H3. The third-order valence-corrected chi connectivity index (χ3v) is 4.51. The molecule has 0 saturated heterocycles. The topological polar surface area (TPSA) is 73.4 Å². The van der Waals surface area contributed by atoms with E-state index in [-0.39, 0.29) is 5.56 Å². The summed E-state index contributed by atoms with van der Waals surface area (Å²) >= 11 is 0. The summed E-state index contributed by atoms with van der Waals surface area (Å²) in [5.74, 6) is 2.15. The van der Waals surface area contributed by atoms with Crippen LogP contribution in [-0.2, 0) is 13.1 Å². The summed E-state index contributed by atoms with van der Waals surface area (Å²) < 4.78 is 9.06. The Hall–Kier alpha value is -3.35. The normalized spacial score (nSPS) is 11.2. The van der Waals surface area contributed by atoms with Gasteiger partial charge in [-0.2, -0.15) is 0 Å². The molecule has 0 saturated carbocycles. The first kappa shape index (κ1) is 17.1. The van der Waals surface area contributed by atoms with Crippen LogP contribution in [0.25, 0.3) is 16.7 Å². The average Bonchev–Trinajstić information content (AvgIpc) is 3.12. The summed E-state index contributed by atoms with van der Waals surface area (Å²) in [6, 6.07) is 15.3. The van der Waals surface area contributed by atoms with Crippen LogP contribution in [0, 0.1) is 0 Å². The van der Waals surface area contributed by atoms with E-state index in [0.29, 0.717) is 30.9 Å². The van der Waals surface area contributed by atoms with E-state index in [1.165, 1.54) is 0 Å². The SMILES string of the molecule is CCOc1ccc(NCc2nnc3n(CC)c(=O)c4ccccc4n23)cc1. The first-order valence-electron chi connectivity index (χ1n) is 9.05. The largest absolute Gasteiger partial charge is 0.494 e. The molecule has 0 bridgehead atoms. The zero-order chi connectivity index (χ0) is 18.8. The second-order valence-corrected chi connectivity index (χ2v) is 6.13. The fourth-order valence-electron chi connectivity index (χ4n) is 3.23. The molecular formula is C20H21N5O2. The van der Waals surface area contributed by atoms with Crippen LogP contribution in [0.4, 0.5) is 5.69 Å². The molecule has 1 N–H and O–H groups in total. The Morgan fingerprint density at radius 1 is 1.04 bits per heavy atom. The van der Waals surface area contributed by atoms with Crippen molar-refractivity contribution in [2.24, 2.45) is 0 Å². The van der Waals surface area contributed by atoms with E-state index in [1.807, 2.05) is 66.8 Å². The maximum absolute atomic E-state index is 12.7. The molecule has 2 aromatic carbocycles. The number of nitrogens with zero attached hydrogens (tertiary/aromatic N) is 4. The highest BCUT2D eigenvalue weighted by Crippen LogP contribution is 2.18. The van der Waals surface area contributed by atoms with Gasteiger partial charge < -0.3 is 10.1 Å². The number of para-hydroxylation sites is 1. The van der Waals surface area contributed by atoms with Gasteiger partial charge in [0.2, 0.25) is 5.78 Å². The highest BCUT2D eigenvalue weighted by molar-refractivity contribution is 5.80. The van der Waals surface area contributed by atoms with Crippen LogP contribution in [0.15, 0.2) is 53.3 Å². The number of anilines is 1. The molecule has 0 fully saturated rings. The lowest BCUT2D eigenvalue weighted by atomic mass is 10.2. The minimum Gasteiger partial charge on any atom is -0.494 e. The molecule has 0 spiro atoms. The molecule has 0 atom stereocenters. The summed E-state index contributed by atoms with van der Waals surface area (Å²) in [6.45, 7) is 5.56. The summed E-state index contributed by atoms with van der Waals surface area (Å²) in [4.78, 5) is 12.7. The van der Waals surface area contributed by atoms with Gasteiger partial charge in [0.15, 0.2) is 5.82 Å². The molecule has 2 heterocycles. The molecule has 0 radical (unpaired) electrons. The number of ether oxygens (including phenoxy) is 1. The molecule has 7 heteroatoms. The molecule has 27 heavy (non-hydrogen) atoms. The summed E-state index contributed by atoms with van der Waals surface area (Å²) in [6.07, 6.45) is 0. The maximum atomic E-state index is 12.7. The van der Waals surface area contributed by atoms with Crippen LogP contribution in [0.3, 0.4) is 0 Å². The third kappa shape index (κ3) is 3.01. The summed E-state index contributed by atoms with van der Waals surface area (Å²) in [5.41, 5.74) is 1.73. The predicted octanol–water partition coefficient (Wildman–Crippen LogP) is 3.07. The molecular weight excluding hydrogens is 342 g/mol. The maximum Gasteiger partial charge on any atom is 0.262 e. The summed E-state index contributed by atoms with van der Waals surface area (Å²) in [7, 11) is 0. The van der Waals surface area contributed by atoms with Gasteiger partial charge in [0.05, 0.1) is 24.1 Å². The van der Waals surface area contributed by atoms with Crippen LogP contribution < -0.4 is 15.6 Å². The van der Waals surface area contributed by atoms with Crippen molar-refractivity contribution < 1.29 is 4.74 Å². The van der Waals surface area contributed by atoms with Crippen LogP contribution in [0.2, 0.25) is 0 Å². The number of hydrogen-bond donors (Lipinski definition) is 1. The predicted molar refractivity (Wildman–Crippen MR) is 105 cm³/mol. The van der Waals surface area contributed by atoms with Gasteiger partial charge in [-0.05, 0) is 50.2 Å². The van der Waals surface area contributed by atoms with E-state index in [4.69, 9.17) is 4.74 Å². The van der Waals surface area contributed by atoms with Crippen molar-refractivity contribution in [3.8, 4) is 5.75 Å². The number of fused-ring (bicyclic) bond motifs is 3. The zero-order valence-corrected chi connectivity index (χ0v) is 15.3. The van der Waals surface area contributed by atoms with Crippen molar-refractivity contribution >= 4 is 22.4 Å². The van der Waals surface area contributed by atoms with Gasteiger partial charge >= 0.3 is 0 Å². The van der Waals surface area contributed by atoms with Gasteiger partial charge in [-0.1, -0.05) is 12.1 Å². The molecule has 0 unspecified atom stereocenters. The number of nitrogens with one attached hydrogen (secondary N) is 1. The lowest BCUT2D eigenvalue weighted by Gasteiger charge is -2.10. The number of hydrogen-bond acceptors (Lipinski definition) is 5. The Morgan fingerprint density at radius 3 is 2.56 bits per heavy atom. The fourth-order valence-corrected chi connectivity index (χ4v) is 3.23. The van der Waals surface area contributed by atoms with E-state index in [9.17, 15) is 4.79 Å². The van der Waals surface area contributed by atoms with Crippen molar-refractivity contribution in [2.75, 3.05) is 11.9 Å². The van der Waals surface area contributed by atoms with Gasteiger partial charge in [0, 0.05) is 12.2 Å². The van der Waals surface area contributed by atoms with E-state index in [0.717, 1.165) is 22.8 Å². The molecule has 7 nitrogen and oxygen atoms in total. The molecule has 138 valence electrons. The molecule has 0 amide bonds. The van der Waals surface area contributed by atoms with Gasteiger partial charge in [-0.25, -0.2) is 0 Å². The monoisotopic (exact) mass is 363 g/mol.